The molecule has 0 saturated carbocycles. The van der Waals surface area contributed by atoms with Gasteiger partial charge < -0.3 is 4.90 Å². The fourth-order valence-electron chi connectivity index (χ4n) is 2.41. The summed E-state index contributed by atoms with van der Waals surface area (Å²) < 4.78 is 0. The minimum absolute atomic E-state index is 0.769. The third-order valence-corrected chi connectivity index (χ3v) is 3.59. The molecule has 1 aliphatic rings. The Hall–Kier alpha value is -1.28. The molecule has 0 unspecified atom stereocenters. The number of para-hydroxylation sites is 1. The van der Waals surface area contributed by atoms with Gasteiger partial charge in [-0.2, -0.15) is 0 Å². The van der Waals surface area contributed by atoms with Crippen molar-refractivity contribution in [2.24, 2.45) is 0 Å². The monoisotopic (exact) mass is 246 g/mol. The highest BCUT2D eigenvalue weighted by atomic mass is 35.5. The molecule has 17 heavy (non-hydrogen) atoms. The molecule has 0 bridgehead atoms. The number of piperidine rings is 1. The Bertz CT molecular complexity index is 533. The highest BCUT2D eigenvalue weighted by Gasteiger charge is 2.15. The highest BCUT2D eigenvalue weighted by Crippen LogP contribution is 2.29. The molecule has 2 nitrogen and oxygen atoms in total. The molecule has 3 heteroatoms. The average Bonchev–Trinajstić information content (AvgIpc) is 2.39. The Morgan fingerprint density at radius 3 is 2.65 bits per heavy atom. The van der Waals surface area contributed by atoms with E-state index in [4.69, 9.17) is 16.6 Å². The van der Waals surface area contributed by atoms with Crippen LogP contribution in [0.15, 0.2) is 30.3 Å². The van der Waals surface area contributed by atoms with Gasteiger partial charge in [0, 0.05) is 18.5 Å². The van der Waals surface area contributed by atoms with Gasteiger partial charge in [-0.3, -0.25) is 0 Å². The second-order valence-corrected chi connectivity index (χ2v) is 4.94. The Morgan fingerprint density at radius 1 is 1.06 bits per heavy atom. The molecule has 1 aliphatic heterocycles. The van der Waals surface area contributed by atoms with Crippen LogP contribution >= 0.6 is 11.6 Å². The summed E-state index contributed by atoms with van der Waals surface area (Å²) in [7, 11) is 0. The number of fused-ring (bicyclic) bond motifs is 1. The zero-order valence-electron chi connectivity index (χ0n) is 9.69. The van der Waals surface area contributed by atoms with E-state index < -0.39 is 0 Å². The molecule has 2 heterocycles. The van der Waals surface area contributed by atoms with Crippen molar-refractivity contribution in [1.82, 2.24) is 4.98 Å². The second kappa shape index (κ2) is 4.53. The van der Waals surface area contributed by atoms with E-state index in [0.29, 0.717) is 0 Å². The molecule has 2 aromatic rings. The maximum atomic E-state index is 6.33. The van der Waals surface area contributed by atoms with Crippen LogP contribution in [-0.4, -0.2) is 18.1 Å². The largest absolute Gasteiger partial charge is 0.355 e. The predicted molar refractivity (Wildman–Crippen MR) is 72.8 cm³/mol. The number of anilines is 1. The van der Waals surface area contributed by atoms with E-state index in [0.717, 1.165) is 34.8 Å². The van der Waals surface area contributed by atoms with Gasteiger partial charge in [0.2, 0.25) is 0 Å². The van der Waals surface area contributed by atoms with Crippen LogP contribution in [0.25, 0.3) is 10.9 Å². The van der Waals surface area contributed by atoms with Gasteiger partial charge in [-0.25, -0.2) is 4.98 Å². The number of hydrogen-bond acceptors (Lipinski definition) is 2. The van der Waals surface area contributed by atoms with E-state index in [1.54, 1.807) is 0 Å². The van der Waals surface area contributed by atoms with Crippen LogP contribution in [0.1, 0.15) is 19.3 Å². The number of benzene rings is 1. The lowest BCUT2D eigenvalue weighted by Crippen LogP contribution is -2.30. The first-order valence-corrected chi connectivity index (χ1v) is 6.52. The normalized spacial score (nSPS) is 16.4. The molecule has 88 valence electrons. The average molecular weight is 247 g/mol. The van der Waals surface area contributed by atoms with E-state index >= 15 is 0 Å². The molecule has 0 N–H and O–H groups in total. The van der Waals surface area contributed by atoms with Crippen LogP contribution in [0, 0.1) is 0 Å². The first kappa shape index (κ1) is 10.8. The lowest BCUT2D eigenvalue weighted by atomic mass is 10.1. The van der Waals surface area contributed by atoms with Crippen LogP contribution in [0.4, 0.5) is 5.82 Å². The zero-order valence-corrected chi connectivity index (χ0v) is 10.5. The first-order chi connectivity index (χ1) is 8.34. The quantitative estimate of drug-likeness (QED) is 0.759. The van der Waals surface area contributed by atoms with E-state index in [-0.39, 0.29) is 0 Å². The lowest BCUT2D eigenvalue weighted by Gasteiger charge is -2.28. The topological polar surface area (TPSA) is 16.1 Å². The Kier molecular flexibility index (Phi) is 2.89. The van der Waals surface area contributed by atoms with Gasteiger partial charge in [0.25, 0.3) is 0 Å². The van der Waals surface area contributed by atoms with Crippen molar-refractivity contribution in [3.63, 3.8) is 0 Å². The Balaban J connectivity index is 2.06. The summed E-state index contributed by atoms with van der Waals surface area (Å²) in [6.45, 7) is 2.15. The summed E-state index contributed by atoms with van der Waals surface area (Å²) in [4.78, 5) is 7.00. The fraction of sp³-hybridized carbons (Fsp3) is 0.357. The van der Waals surface area contributed by atoms with E-state index in [1.165, 1.54) is 19.3 Å². The van der Waals surface area contributed by atoms with E-state index in [2.05, 4.69) is 4.90 Å². The van der Waals surface area contributed by atoms with E-state index in [9.17, 15) is 0 Å². The van der Waals surface area contributed by atoms with Gasteiger partial charge in [-0.1, -0.05) is 29.8 Å². The Labute approximate surface area is 106 Å². The van der Waals surface area contributed by atoms with Crippen molar-refractivity contribution in [1.29, 1.82) is 0 Å². The minimum Gasteiger partial charge on any atom is -0.355 e. The molecule has 0 atom stereocenters. The number of aromatic nitrogens is 1. The molecule has 3 rings (SSSR count). The smallest absolute Gasteiger partial charge is 0.148 e. The van der Waals surface area contributed by atoms with Gasteiger partial charge in [0.05, 0.1) is 10.5 Å². The number of hydrogen-bond donors (Lipinski definition) is 0. The van der Waals surface area contributed by atoms with Crippen molar-refractivity contribution in [3.05, 3.63) is 35.4 Å². The number of pyridine rings is 1. The summed E-state index contributed by atoms with van der Waals surface area (Å²) in [5.74, 6) is 0.949. The van der Waals surface area contributed by atoms with Crippen molar-refractivity contribution in [2.45, 2.75) is 19.3 Å². The maximum absolute atomic E-state index is 6.33. The molecule has 0 aliphatic carbocycles. The van der Waals surface area contributed by atoms with Crippen molar-refractivity contribution >= 4 is 28.3 Å². The number of rotatable bonds is 1. The summed E-state index contributed by atoms with van der Waals surface area (Å²) in [5, 5.41) is 1.88. The highest BCUT2D eigenvalue weighted by molar-refractivity contribution is 6.33. The molecule has 1 aromatic heterocycles. The molecule has 0 amide bonds. The molecule has 1 fully saturated rings. The van der Waals surface area contributed by atoms with Gasteiger partial charge in [0.1, 0.15) is 5.82 Å². The fourth-order valence-corrected chi connectivity index (χ4v) is 2.69. The summed E-state index contributed by atoms with van der Waals surface area (Å²) in [5.41, 5.74) is 1.03. The molecule has 0 radical (unpaired) electrons. The van der Waals surface area contributed by atoms with Crippen molar-refractivity contribution in [3.8, 4) is 0 Å². The van der Waals surface area contributed by atoms with Crippen LogP contribution in [0.3, 0.4) is 0 Å². The first-order valence-electron chi connectivity index (χ1n) is 6.15. The third kappa shape index (κ3) is 2.09. The van der Waals surface area contributed by atoms with Crippen LogP contribution < -0.4 is 4.90 Å². The molecule has 1 aromatic carbocycles. The maximum Gasteiger partial charge on any atom is 0.148 e. The predicted octanol–water partition coefficient (Wildman–Crippen LogP) is 3.88. The summed E-state index contributed by atoms with van der Waals surface area (Å²) in [6, 6.07) is 10.1. The summed E-state index contributed by atoms with van der Waals surface area (Å²) >= 11 is 6.33. The molecular weight excluding hydrogens is 232 g/mol. The molecular formula is C14H15ClN2. The lowest BCUT2D eigenvalue weighted by molar-refractivity contribution is 0.574. The minimum atomic E-state index is 0.769. The standard InChI is InChI=1S/C14H15ClN2/c15-12-10-11-6-2-3-7-13(11)16-14(12)17-8-4-1-5-9-17/h2-3,6-7,10H,1,4-5,8-9H2. The van der Waals surface area contributed by atoms with Crippen molar-refractivity contribution < 1.29 is 0 Å². The molecule has 1 saturated heterocycles. The number of halogens is 1. The Morgan fingerprint density at radius 2 is 1.82 bits per heavy atom. The van der Waals surface area contributed by atoms with Gasteiger partial charge in [-0.15, -0.1) is 0 Å². The van der Waals surface area contributed by atoms with Crippen LogP contribution in [0.2, 0.25) is 5.02 Å². The van der Waals surface area contributed by atoms with Gasteiger partial charge >= 0.3 is 0 Å². The van der Waals surface area contributed by atoms with Crippen LogP contribution in [-0.2, 0) is 0 Å². The zero-order chi connectivity index (χ0) is 11.7. The molecule has 0 spiro atoms. The number of nitrogens with zero attached hydrogens (tertiary/aromatic N) is 2. The van der Waals surface area contributed by atoms with E-state index in [1.807, 2.05) is 30.3 Å². The van der Waals surface area contributed by atoms with Gasteiger partial charge in [0.15, 0.2) is 0 Å². The SMILES string of the molecule is Clc1cc2ccccc2nc1N1CCCCC1. The van der Waals surface area contributed by atoms with Crippen molar-refractivity contribution in [2.75, 3.05) is 18.0 Å². The third-order valence-electron chi connectivity index (χ3n) is 3.31. The van der Waals surface area contributed by atoms with Gasteiger partial charge in [-0.05, 0) is 31.4 Å². The summed E-state index contributed by atoms with van der Waals surface area (Å²) in [6.07, 6.45) is 3.80. The second-order valence-electron chi connectivity index (χ2n) is 4.53. The van der Waals surface area contributed by atoms with Crippen LogP contribution in [0.5, 0.6) is 0 Å².